The molecule has 0 N–H and O–H groups in total. The first kappa shape index (κ1) is 30.9. The Balaban J connectivity index is 0.000000219. The van der Waals surface area contributed by atoms with Gasteiger partial charge >= 0.3 is 0 Å². The number of fused-ring (bicyclic) bond motifs is 2. The second-order valence-corrected chi connectivity index (χ2v) is 14.2. The van der Waals surface area contributed by atoms with Crippen LogP contribution in [0.5, 0.6) is 0 Å². The van der Waals surface area contributed by atoms with Gasteiger partial charge in [0.05, 0.1) is 16.9 Å². The van der Waals surface area contributed by atoms with E-state index < -0.39 is 13.7 Å². The maximum absolute atomic E-state index is 7.28. The van der Waals surface area contributed by atoms with Crippen molar-refractivity contribution in [1.29, 1.82) is 0 Å². The predicted octanol–water partition coefficient (Wildman–Crippen LogP) is 13.9. The van der Waals surface area contributed by atoms with Gasteiger partial charge in [0.1, 0.15) is 0 Å². The van der Waals surface area contributed by atoms with E-state index in [1.54, 1.807) is 23.5 Å². The van der Waals surface area contributed by atoms with Crippen molar-refractivity contribution in [2.45, 2.75) is 13.7 Å². The average molecular weight is 934 g/mol. The summed E-state index contributed by atoms with van der Waals surface area (Å²) in [6.07, 6.45) is 1.30. The van der Waals surface area contributed by atoms with Gasteiger partial charge in [-0.2, -0.15) is 0 Å². The van der Waals surface area contributed by atoms with Crippen LogP contribution in [0.4, 0.5) is 0 Å². The van der Waals surface area contributed by atoms with Gasteiger partial charge in [0.2, 0.25) is 0 Å². The van der Waals surface area contributed by atoms with Crippen LogP contribution in [0.1, 0.15) is 19.4 Å². The van der Waals surface area contributed by atoms with Gasteiger partial charge in [-0.25, -0.2) is 0 Å². The molecule has 0 amide bonds. The SMILES string of the molecule is [2H]C([2H])([2H])c1c[c-]c(-c2ccc(C([2H])([2H])[2H])cn2)cc1.[Ir].[c-]1sc2ccc(-c3ccc(-c4ccccc4)cc3)cc2c1-c1nc2ccccc2n1-c1ccc(-c2ccccc2)cc1. The Labute approximate surface area is 359 Å². The smallest absolute Gasteiger partial charge is 0.0774 e. The Hall–Kier alpha value is -6.23. The quantitative estimate of drug-likeness (QED) is 0.156. The van der Waals surface area contributed by atoms with Crippen molar-refractivity contribution in [3.8, 4) is 61.7 Å². The zero-order valence-electron chi connectivity index (χ0n) is 36.5. The number of thiophene rings is 1. The van der Waals surface area contributed by atoms with Gasteiger partial charge in [-0.15, -0.1) is 40.8 Å². The first-order valence-electron chi connectivity index (χ1n) is 21.2. The number of hydrogen-bond acceptors (Lipinski definition) is 3. The molecule has 3 aromatic heterocycles. The van der Waals surface area contributed by atoms with Crippen LogP contribution in [0.3, 0.4) is 0 Å². The van der Waals surface area contributed by atoms with Crippen molar-refractivity contribution < 1.29 is 28.3 Å². The fourth-order valence-electron chi connectivity index (χ4n) is 6.83. The van der Waals surface area contributed by atoms with E-state index in [2.05, 4.69) is 173 Å². The molecule has 0 bridgehead atoms. The van der Waals surface area contributed by atoms with E-state index in [-0.39, 0.29) is 31.2 Å². The molecule has 0 fully saturated rings. The molecule has 7 aromatic carbocycles. The first-order chi connectivity index (χ1) is 30.0. The van der Waals surface area contributed by atoms with Gasteiger partial charge in [0.15, 0.2) is 0 Å². The molecule has 0 aliphatic carbocycles. The predicted molar refractivity (Wildman–Crippen MR) is 235 cm³/mol. The monoisotopic (exact) mass is 934 g/mol. The van der Waals surface area contributed by atoms with Crippen LogP contribution in [0, 0.1) is 25.2 Å². The van der Waals surface area contributed by atoms with Crippen LogP contribution in [-0.2, 0) is 20.1 Å². The number of nitrogens with zero attached hydrogens (tertiary/aromatic N) is 3. The number of pyridine rings is 1. The normalized spacial score (nSPS) is 12.8. The summed E-state index contributed by atoms with van der Waals surface area (Å²) >= 11 is 1.65. The fraction of sp³-hybridized carbons (Fsp3) is 0.0385. The summed E-state index contributed by atoms with van der Waals surface area (Å²) in [5, 5.41) is 4.77. The Kier molecular flexibility index (Phi) is 9.15. The van der Waals surface area contributed by atoms with E-state index in [1.165, 1.54) is 67.9 Å². The molecule has 3 nitrogen and oxygen atoms in total. The number of aromatic nitrogens is 3. The molecule has 10 rings (SSSR count). The van der Waals surface area contributed by atoms with E-state index in [4.69, 9.17) is 13.2 Å². The van der Waals surface area contributed by atoms with E-state index in [0.717, 1.165) is 28.1 Å². The molecule has 0 spiro atoms. The van der Waals surface area contributed by atoms with Crippen LogP contribution in [0.2, 0.25) is 0 Å². The van der Waals surface area contributed by atoms with Gasteiger partial charge in [0, 0.05) is 40.2 Å². The van der Waals surface area contributed by atoms with Gasteiger partial charge in [0.25, 0.3) is 0 Å². The van der Waals surface area contributed by atoms with Crippen molar-refractivity contribution in [2.24, 2.45) is 0 Å². The van der Waals surface area contributed by atoms with Gasteiger partial charge in [-0.1, -0.05) is 162 Å². The summed E-state index contributed by atoms with van der Waals surface area (Å²) in [6.45, 7) is -4.34. The van der Waals surface area contributed by atoms with Crippen molar-refractivity contribution in [3.63, 3.8) is 0 Å². The Morgan fingerprint density at radius 2 is 1.18 bits per heavy atom. The van der Waals surface area contributed by atoms with Crippen molar-refractivity contribution >= 4 is 32.5 Å². The molecule has 277 valence electrons. The molecular weight excluding hydrogens is 891 g/mol. The third-order valence-electron chi connectivity index (χ3n) is 9.71. The van der Waals surface area contributed by atoms with E-state index in [0.29, 0.717) is 11.3 Å². The number of rotatable bonds is 6. The summed E-state index contributed by atoms with van der Waals surface area (Å²) in [6, 6.07) is 64.1. The van der Waals surface area contributed by atoms with Crippen LogP contribution < -0.4 is 0 Å². The molecule has 5 heteroatoms. The summed E-state index contributed by atoms with van der Waals surface area (Å²) < 4.78 is 47.1. The number of hydrogen-bond donors (Lipinski definition) is 0. The largest absolute Gasteiger partial charge is 0.333 e. The maximum atomic E-state index is 7.28. The van der Waals surface area contributed by atoms with Gasteiger partial charge in [-0.3, -0.25) is 16.3 Å². The third-order valence-corrected chi connectivity index (χ3v) is 10.6. The average Bonchev–Trinajstić information content (AvgIpc) is 3.91. The van der Waals surface area contributed by atoms with Crippen molar-refractivity contribution in [2.75, 3.05) is 0 Å². The number of para-hydroxylation sites is 2. The van der Waals surface area contributed by atoms with E-state index >= 15 is 0 Å². The molecular formula is C52H37IrN3S-2. The third kappa shape index (κ3) is 8.05. The number of benzene rings is 7. The minimum atomic E-state index is -2.18. The van der Waals surface area contributed by atoms with Crippen molar-refractivity contribution in [1.82, 2.24) is 14.5 Å². The summed E-state index contributed by atoms with van der Waals surface area (Å²) in [5.74, 6) is 0.909. The Bertz CT molecular complexity index is 3050. The van der Waals surface area contributed by atoms with E-state index in [9.17, 15) is 0 Å². The van der Waals surface area contributed by atoms with Crippen LogP contribution in [0.15, 0.2) is 188 Å². The second kappa shape index (κ2) is 16.9. The standard InChI is InChI=1S/C39H25N2S.C13H12N.Ir/c1-3-9-27(10-4-1)29-15-17-31(18-16-29)32-21-24-38-34(25-32)35(26-42-38)39-40-36-13-7-8-14-37(36)41(39)33-22-19-30(20-23-33)28-11-5-2-6-12-28;1-10-3-6-12(7-4-10)13-8-5-11(2)9-14-13;/h1-25H;3-6,8-9H,1-2H3;/q2*-1;/i;1D3,2D3;. The topological polar surface area (TPSA) is 30.7 Å². The molecule has 0 saturated heterocycles. The number of aryl methyl sites for hydroxylation is 2. The minimum absolute atomic E-state index is 0. The Morgan fingerprint density at radius 3 is 1.81 bits per heavy atom. The zero-order valence-corrected chi connectivity index (χ0v) is 33.7. The molecule has 3 heterocycles. The minimum Gasteiger partial charge on any atom is -0.333 e. The van der Waals surface area contributed by atoms with Gasteiger partial charge in [-0.05, 0) is 75.8 Å². The Morgan fingerprint density at radius 1 is 0.579 bits per heavy atom. The fourth-order valence-corrected chi connectivity index (χ4v) is 7.65. The van der Waals surface area contributed by atoms with Gasteiger partial charge < -0.3 is 9.55 Å². The van der Waals surface area contributed by atoms with Crippen LogP contribution in [-0.4, -0.2) is 14.5 Å². The van der Waals surface area contributed by atoms with Crippen molar-refractivity contribution in [3.05, 3.63) is 211 Å². The molecule has 0 aliphatic heterocycles. The maximum Gasteiger partial charge on any atom is 0.0774 e. The molecule has 0 atom stereocenters. The molecule has 1 radical (unpaired) electrons. The summed E-state index contributed by atoms with van der Waals surface area (Å²) in [7, 11) is 0. The number of imidazole rings is 1. The second-order valence-electron chi connectivity index (χ2n) is 13.3. The summed E-state index contributed by atoms with van der Waals surface area (Å²) in [5.41, 5.74) is 12.9. The summed E-state index contributed by atoms with van der Waals surface area (Å²) in [4.78, 5) is 9.22. The van der Waals surface area contributed by atoms with Crippen LogP contribution >= 0.6 is 11.3 Å². The van der Waals surface area contributed by atoms with Crippen LogP contribution in [0.25, 0.3) is 82.8 Å². The molecule has 57 heavy (non-hydrogen) atoms. The molecule has 10 aromatic rings. The molecule has 0 aliphatic rings. The van der Waals surface area contributed by atoms with E-state index in [1.807, 2.05) is 0 Å². The zero-order chi connectivity index (χ0) is 42.8. The molecule has 0 unspecified atom stereocenters. The first-order valence-corrected chi connectivity index (χ1v) is 19.0. The molecule has 0 saturated carbocycles.